The van der Waals surface area contributed by atoms with Gasteiger partial charge in [-0.1, -0.05) is 22.0 Å². The highest BCUT2D eigenvalue weighted by molar-refractivity contribution is 9.10. The molecule has 0 saturated heterocycles. The average Bonchev–Trinajstić information content (AvgIpc) is 2.89. The Morgan fingerprint density at radius 2 is 2.00 bits per heavy atom. The van der Waals surface area contributed by atoms with Gasteiger partial charge in [0.2, 0.25) is 5.78 Å². The van der Waals surface area contributed by atoms with Crippen LogP contribution in [0.5, 0.6) is 5.75 Å². The van der Waals surface area contributed by atoms with Gasteiger partial charge in [-0.15, -0.1) is 11.3 Å². The Bertz CT molecular complexity index is 841. The quantitative estimate of drug-likeness (QED) is 0.608. The summed E-state index contributed by atoms with van der Waals surface area (Å²) in [6, 6.07) is 11.6. The summed E-state index contributed by atoms with van der Waals surface area (Å²) in [6.07, 6.45) is 0. The van der Waals surface area contributed by atoms with Crippen LogP contribution in [0.1, 0.15) is 15.2 Å². The number of fused-ring (bicyclic) bond motifs is 1. The Kier molecular flexibility index (Phi) is 3.78. The Morgan fingerprint density at radius 3 is 2.76 bits per heavy atom. The third-order valence-corrected chi connectivity index (χ3v) is 4.70. The molecule has 0 amide bonds. The predicted molar refractivity (Wildman–Crippen MR) is 85.9 cm³/mol. The van der Waals surface area contributed by atoms with Gasteiger partial charge in [-0.05, 0) is 41.8 Å². The minimum atomic E-state index is -0.302. The summed E-state index contributed by atoms with van der Waals surface area (Å²) >= 11 is 4.64. The van der Waals surface area contributed by atoms with Gasteiger partial charge in [0, 0.05) is 9.17 Å². The number of ketones is 1. The van der Waals surface area contributed by atoms with Crippen molar-refractivity contribution >= 4 is 43.1 Å². The lowest BCUT2D eigenvalue weighted by Crippen LogP contribution is -2.01. The van der Waals surface area contributed by atoms with E-state index >= 15 is 0 Å². The minimum Gasteiger partial charge on any atom is -0.496 e. The van der Waals surface area contributed by atoms with Gasteiger partial charge >= 0.3 is 0 Å². The van der Waals surface area contributed by atoms with Crippen molar-refractivity contribution in [2.75, 3.05) is 7.11 Å². The van der Waals surface area contributed by atoms with E-state index in [-0.39, 0.29) is 11.6 Å². The normalized spacial score (nSPS) is 10.8. The topological polar surface area (TPSA) is 26.3 Å². The van der Waals surface area contributed by atoms with E-state index in [1.165, 1.54) is 30.6 Å². The lowest BCUT2D eigenvalue weighted by Gasteiger charge is -2.06. The number of benzene rings is 2. The molecule has 0 aliphatic heterocycles. The van der Waals surface area contributed by atoms with Crippen molar-refractivity contribution in [3.8, 4) is 5.75 Å². The first-order valence-electron chi connectivity index (χ1n) is 6.16. The number of hydrogen-bond donors (Lipinski definition) is 0. The maximum absolute atomic E-state index is 13.2. The summed E-state index contributed by atoms with van der Waals surface area (Å²) in [5, 5.41) is 0.860. The summed E-state index contributed by atoms with van der Waals surface area (Å²) in [5.41, 5.74) is 0.485. The molecule has 3 rings (SSSR count). The van der Waals surface area contributed by atoms with Crippen LogP contribution in [0, 0.1) is 5.82 Å². The molecule has 0 fully saturated rings. The molecule has 0 aliphatic carbocycles. The van der Waals surface area contributed by atoms with Gasteiger partial charge in [-0.3, -0.25) is 4.79 Å². The maximum atomic E-state index is 13.2. The van der Waals surface area contributed by atoms with Gasteiger partial charge in [0.05, 0.1) is 17.6 Å². The van der Waals surface area contributed by atoms with E-state index in [1.54, 1.807) is 24.3 Å². The molecule has 106 valence electrons. The van der Waals surface area contributed by atoms with Gasteiger partial charge in [0.1, 0.15) is 11.6 Å². The zero-order valence-electron chi connectivity index (χ0n) is 11.0. The fourth-order valence-electron chi connectivity index (χ4n) is 2.11. The molecule has 1 aromatic heterocycles. The monoisotopic (exact) mass is 364 g/mol. The molecular weight excluding hydrogens is 355 g/mol. The molecule has 3 aromatic rings. The predicted octanol–water partition coefficient (Wildman–Crippen LogP) is 5.04. The second-order valence-electron chi connectivity index (χ2n) is 4.47. The second kappa shape index (κ2) is 5.58. The first-order chi connectivity index (χ1) is 10.1. The first-order valence-corrected chi connectivity index (χ1v) is 7.77. The fraction of sp³-hybridized carbons (Fsp3) is 0.0625. The van der Waals surface area contributed by atoms with Crippen LogP contribution in [0.15, 0.2) is 46.9 Å². The molecule has 0 N–H and O–H groups in total. The Labute approximate surface area is 133 Å². The van der Waals surface area contributed by atoms with Gasteiger partial charge in [0.25, 0.3) is 0 Å². The lowest BCUT2D eigenvalue weighted by molar-refractivity contribution is 0.103. The van der Waals surface area contributed by atoms with Crippen LogP contribution in [-0.2, 0) is 0 Å². The molecule has 0 spiro atoms. The average molecular weight is 365 g/mol. The van der Waals surface area contributed by atoms with Crippen LogP contribution in [0.2, 0.25) is 0 Å². The smallest absolute Gasteiger partial charge is 0.206 e. The van der Waals surface area contributed by atoms with Crippen LogP contribution in [0.4, 0.5) is 4.39 Å². The van der Waals surface area contributed by atoms with Crippen molar-refractivity contribution < 1.29 is 13.9 Å². The van der Waals surface area contributed by atoms with E-state index in [1.807, 2.05) is 6.07 Å². The van der Waals surface area contributed by atoms with Crippen molar-refractivity contribution in [1.82, 2.24) is 0 Å². The highest BCUT2D eigenvalue weighted by Crippen LogP contribution is 2.31. The largest absolute Gasteiger partial charge is 0.496 e. The molecule has 0 saturated carbocycles. The van der Waals surface area contributed by atoms with Crippen LogP contribution in [0.25, 0.3) is 10.1 Å². The van der Waals surface area contributed by atoms with Crippen molar-refractivity contribution in [3.05, 3.63) is 63.2 Å². The number of carbonyl (C=O) groups excluding carboxylic acids is 1. The second-order valence-corrected chi connectivity index (χ2v) is 6.47. The summed E-state index contributed by atoms with van der Waals surface area (Å²) in [6.45, 7) is 0. The number of thiophene rings is 1. The summed E-state index contributed by atoms with van der Waals surface area (Å²) < 4.78 is 20.0. The molecule has 2 nitrogen and oxygen atoms in total. The molecule has 2 aromatic carbocycles. The van der Waals surface area contributed by atoms with E-state index in [0.29, 0.717) is 16.2 Å². The van der Waals surface area contributed by atoms with Crippen molar-refractivity contribution in [3.63, 3.8) is 0 Å². The summed E-state index contributed by atoms with van der Waals surface area (Å²) in [4.78, 5) is 13.2. The van der Waals surface area contributed by atoms with Gasteiger partial charge < -0.3 is 4.74 Å². The lowest BCUT2D eigenvalue weighted by atomic mass is 10.1. The number of hydrogen-bond acceptors (Lipinski definition) is 3. The summed E-state index contributed by atoms with van der Waals surface area (Å²) in [7, 11) is 1.53. The Morgan fingerprint density at radius 1 is 1.19 bits per heavy atom. The molecule has 0 bridgehead atoms. The van der Waals surface area contributed by atoms with E-state index in [2.05, 4.69) is 15.9 Å². The highest BCUT2D eigenvalue weighted by atomic mass is 79.9. The van der Waals surface area contributed by atoms with E-state index in [0.717, 1.165) is 14.6 Å². The molecular formula is C16H10BrFO2S. The zero-order valence-corrected chi connectivity index (χ0v) is 13.4. The fourth-order valence-corrected chi connectivity index (χ4v) is 3.51. The van der Waals surface area contributed by atoms with E-state index in [9.17, 15) is 9.18 Å². The Hall–Kier alpha value is -1.72. The van der Waals surface area contributed by atoms with Crippen molar-refractivity contribution in [2.45, 2.75) is 0 Å². The number of rotatable bonds is 3. The zero-order chi connectivity index (χ0) is 15.0. The van der Waals surface area contributed by atoms with E-state index < -0.39 is 0 Å². The number of halogens is 2. The van der Waals surface area contributed by atoms with Crippen LogP contribution < -0.4 is 4.74 Å². The summed E-state index contributed by atoms with van der Waals surface area (Å²) in [5.74, 6) is 0.0879. The molecule has 5 heteroatoms. The number of carbonyl (C=O) groups is 1. The van der Waals surface area contributed by atoms with Gasteiger partial charge in [-0.2, -0.15) is 0 Å². The van der Waals surface area contributed by atoms with Crippen molar-refractivity contribution in [2.24, 2.45) is 0 Å². The highest BCUT2D eigenvalue weighted by Gasteiger charge is 2.17. The first kappa shape index (κ1) is 14.2. The number of ether oxygens (including phenoxy) is 1. The van der Waals surface area contributed by atoms with E-state index in [4.69, 9.17) is 4.74 Å². The van der Waals surface area contributed by atoms with Gasteiger partial charge in [0.15, 0.2) is 0 Å². The third kappa shape index (κ3) is 2.71. The van der Waals surface area contributed by atoms with Crippen molar-refractivity contribution in [1.29, 1.82) is 0 Å². The van der Waals surface area contributed by atoms with Gasteiger partial charge in [-0.25, -0.2) is 4.39 Å². The molecule has 0 aliphatic rings. The third-order valence-electron chi connectivity index (χ3n) is 3.11. The molecule has 21 heavy (non-hydrogen) atoms. The standard InChI is InChI=1S/C16H10BrFO2S/c1-20-13-5-3-10(17)7-12(13)16(19)15-6-9-2-4-11(18)8-14(9)21-15/h2-8H,1H3. The number of methoxy groups -OCH3 is 1. The molecule has 0 atom stereocenters. The SMILES string of the molecule is COc1ccc(Br)cc1C(=O)c1cc2ccc(F)cc2s1. The maximum Gasteiger partial charge on any atom is 0.206 e. The molecule has 1 heterocycles. The molecule has 0 unspecified atom stereocenters. The Balaban J connectivity index is 2.10. The van der Waals surface area contributed by atoms with Crippen LogP contribution >= 0.6 is 27.3 Å². The minimum absolute atomic E-state index is 0.130. The van der Waals surface area contributed by atoms with Crippen LogP contribution in [0.3, 0.4) is 0 Å². The molecule has 0 radical (unpaired) electrons. The van der Waals surface area contributed by atoms with Crippen LogP contribution in [-0.4, -0.2) is 12.9 Å².